The highest BCUT2D eigenvalue weighted by molar-refractivity contribution is 4.69. The summed E-state index contributed by atoms with van der Waals surface area (Å²) in [5.41, 5.74) is -0.333. The summed E-state index contributed by atoms with van der Waals surface area (Å²) in [5.74, 6) is 0. The molecule has 0 fully saturated rings. The summed E-state index contributed by atoms with van der Waals surface area (Å²) in [4.78, 5) is 10.4. The lowest BCUT2D eigenvalue weighted by molar-refractivity contribution is -0.365. The summed E-state index contributed by atoms with van der Waals surface area (Å²) in [5, 5.41) is 9.21. The Labute approximate surface area is 87.3 Å². The molecular weight excluding hydrogens is 180 g/mol. The molecule has 0 aromatic heterocycles. The molecule has 0 aromatic carbocycles. The first kappa shape index (κ1) is 13.9. The van der Waals surface area contributed by atoms with Crippen molar-refractivity contribution < 1.29 is 14.9 Å². The van der Waals surface area contributed by atoms with Crippen LogP contribution in [0.15, 0.2) is 0 Å². The van der Waals surface area contributed by atoms with Gasteiger partial charge in [0, 0.05) is 6.42 Å². The average Bonchev–Trinajstić information content (AvgIpc) is 1.78. The standard InChI is InChI=1S/C11H24O3/c1-9(12)7-11(5,6)14-13-8-10(2,3)4/h9,12H,7-8H2,1-6H3. The minimum absolute atomic E-state index is 0.0981. The smallest absolute Gasteiger partial charge is 0.100 e. The fraction of sp³-hybridized carbons (Fsp3) is 1.00. The molecule has 1 atom stereocenters. The molecule has 0 spiro atoms. The number of rotatable bonds is 5. The number of hydrogen-bond donors (Lipinski definition) is 1. The zero-order valence-electron chi connectivity index (χ0n) is 10.3. The van der Waals surface area contributed by atoms with E-state index in [-0.39, 0.29) is 11.5 Å². The molecule has 0 radical (unpaired) electrons. The van der Waals surface area contributed by atoms with Gasteiger partial charge in [-0.05, 0) is 26.2 Å². The van der Waals surface area contributed by atoms with Crippen molar-refractivity contribution in [2.75, 3.05) is 6.61 Å². The molecule has 3 nitrogen and oxygen atoms in total. The van der Waals surface area contributed by atoms with Crippen LogP contribution in [0, 0.1) is 5.41 Å². The molecule has 86 valence electrons. The molecule has 0 rings (SSSR count). The Morgan fingerprint density at radius 2 is 1.64 bits per heavy atom. The molecule has 0 saturated heterocycles. The van der Waals surface area contributed by atoms with Crippen molar-refractivity contribution in [2.45, 2.75) is 59.7 Å². The molecule has 0 bridgehead atoms. The van der Waals surface area contributed by atoms with Gasteiger partial charge in [0.2, 0.25) is 0 Å². The van der Waals surface area contributed by atoms with Gasteiger partial charge in [0.05, 0.1) is 12.7 Å². The monoisotopic (exact) mass is 204 g/mol. The molecule has 0 aromatic rings. The fourth-order valence-electron chi connectivity index (χ4n) is 1.11. The molecule has 1 unspecified atom stereocenters. The first-order valence-electron chi connectivity index (χ1n) is 5.11. The van der Waals surface area contributed by atoms with Gasteiger partial charge in [0.25, 0.3) is 0 Å². The van der Waals surface area contributed by atoms with E-state index >= 15 is 0 Å². The van der Waals surface area contributed by atoms with Crippen LogP contribution >= 0.6 is 0 Å². The van der Waals surface area contributed by atoms with Gasteiger partial charge >= 0.3 is 0 Å². The van der Waals surface area contributed by atoms with E-state index in [1.807, 2.05) is 13.8 Å². The maximum Gasteiger partial charge on any atom is 0.100 e. The summed E-state index contributed by atoms with van der Waals surface area (Å²) in [6.45, 7) is 12.4. The van der Waals surface area contributed by atoms with Gasteiger partial charge < -0.3 is 5.11 Å². The quantitative estimate of drug-likeness (QED) is 0.552. The van der Waals surface area contributed by atoms with Crippen LogP contribution in [0.4, 0.5) is 0 Å². The van der Waals surface area contributed by atoms with E-state index in [0.717, 1.165) is 0 Å². The van der Waals surface area contributed by atoms with E-state index in [0.29, 0.717) is 13.0 Å². The SMILES string of the molecule is CC(O)CC(C)(C)OOCC(C)(C)C. The van der Waals surface area contributed by atoms with Crippen molar-refractivity contribution in [1.29, 1.82) is 0 Å². The summed E-state index contributed by atoms with van der Waals surface area (Å²) >= 11 is 0. The number of hydrogen-bond acceptors (Lipinski definition) is 3. The highest BCUT2D eigenvalue weighted by Crippen LogP contribution is 2.20. The van der Waals surface area contributed by atoms with Crippen LogP contribution in [-0.2, 0) is 9.78 Å². The molecule has 3 heteroatoms. The third-order valence-electron chi connectivity index (χ3n) is 1.56. The van der Waals surface area contributed by atoms with Gasteiger partial charge in [0.1, 0.15) is 5.60 Å². The molecule has 0 aliphatic heterocycles. The Hall–Kier alpha value is -0.120. The van der Waals surface area contributed by atoms with Gasteiger partial charge in [-0.1, -0.05) is 20.8 Å². The number of aliphatic hydroxyl groups excluding tert-OH is 1. The highest BCUT2D eigenvalue weighted by atomic mass is 17.2. The van der Waals surface area contributed by atoms with Gasteiger partial charge in [-0.2, -0.15) is 0 Å². The second kappa shape index (κ2) is 5.10. The van der Waals surface area contributed by atoms with Crippen molar-refractivity contribution >= 4 is 0 Å². The van der Waals surface area contributed by atoms with Gasteiger partial charge in [-0.25, -0.2) is 9.78 Å². The Balaban J connectivity index is 3.76. The van der Waals surface area contributed by atoms with Crippen LogP contribution in [0.1, 0.15) is 48.0 Å². The largest absolute Gasteiger partial charge is 0.393 e. The van der Waals surface area contributed by atoms with E-state index in [4.69, 9.17) is 9.78 Å². The van der Waals surface area contributed by atoms with Crippen LogP contribution in [0.25, 0.3) is 0 Å². The molecule has 0 amide bonds. The molecule has 1 N–H and O–H groups in total. The summed E-state index contributed by atoms with van der Waals surface area (Å²) < 4.78 is 0. The van der Waals surface area contributed by atoms with Crippen LogP contribution in [0.2, 0.25) is 0 Å². The topological polar surface area (TPSA) is 38.7 Å². The molecular formula is C11H24O3. The third kappa shape index (κ3) is 8.48. The number of aliphatic hydroxyl groups is 1. The Morgan fingerprint density at radius 1 is 1.14 bits per heavy atom. The van der Waals surface area contributed by atoms with Crippen molar-refractivity contribution in [3.63, 3.8) is 0 Å². The predicted octanol–water partition coefficient (Wildman–Crippen LogP) is 2.53. The van der Waals surface area contributed by atoms with Crippen molar-refractivity contribution in [3.8, 4) is 0 Å². The highest BCUT2D eigenvalue weighted by Gasteiger charge is 2.23. The average molecular weight is 204 g/mol. The lowest BCUT2D eigenvalue weighted by Gasteiger charge is -2.27. The fourth-order valence-corrected chi connectivity index (χ4v) is 1.11. The zero-order chi connectivity index (χ0) is 11.4. The van der Waals surface area contributed by atoms with E-state index in [1.165, 1.54) is 0 Å². The normalized spacial score (nSPS) is 15.6. The summed E-state index contributed by atoms with van der Waals surface area (Å²) in [6, 6.07) is 0. The minimum atomic E-state index is -0.431. The van der Waals surface area contributed by atoms with Crippen LogP contribution in [0.5, 0.6) is 0 Å². The third-order valence-corrected chi connectivity index (χ3v) is 1.56. The zero-order valence-corrected chi connectivity index (χ0v) is 10.3. The van der Waals surface area contributed by atoms with E-state index in [1.54, 1.807) is 6.92 Å². The van der Waals surface area contributed by atoms with Crippen molar-refractivity contribution in [2.24, 2.45) is 5.41 Å². The van der Waals surface area contributed by atoms with Crippen LogP contribution < -0.4 is 0 Å². The first-order valence-corrected chi connectivity index (χ1v) is 5.11. The van der Waals surface area contributed by atoms with Crippen LogP contribution in [0.3, 0.4) is 0 Å². The second-order valence-corrected chi connectivity index (χ2v) is 5.72. The Bertz CT molecular complexity index is 156. The van der Waals surface area contributed by atoms with Gasteiger partial charge in [0.15, 0.2) is 0 Å². The Kier molecular flexibility index (Phi) is 5.06. The maximum atomic E-state index is 9.21. The second-order valence-electron chi connectivity index (χ2n) is 5.72. The van der Waals surface area contributed by atoms with Crippen LogP contribution in [-0.4, -0.2) is 23.4 Å². The predicted molar refractivity (Wildman–Crippen MR) is 56.9 cm³/mol. The summed E-state index contributed by atoms with van der Waals surface area (Å²) in [6.07, 6.45) is 0.195. The molecule has 0 saturated carbocycles. The van der Waals surface area contributed by atoms with E-state index in [9.17, 15) is 5.11 Å². The molecule has 0 aliphatic carbocycles. The van der Waals surface area contributed by atoms with Gasteiger partial charge in [-0.15, -0.1) is 0 Å². The van der Waals surface area contributed by atoms with E-state index in [2.05, 4.69) is 20.8 Å². The lowest BCUT2D eigenvalue weighted by Crippen LogP contribution is -2.30. The maximum absolute atomic E-state index is 9.21. The van der Waals surface area contributed by atoms with E-state index < -0.39 is 5.60 Å². The summed E-state index contributed by atoms with van der Waals surface area (Å²) in [7, 11) is 0. The molecule has 0 heterocycles. The molecule has 0 aliphatic rings. The minimum Gasteiger partial charge on any atom is -0.393 e. The first-order chi connectivity index (χ1) is 6.12. The Morgan fingerprint density at radius 3 is 2.00 bits per heavy atom. The lowest BCUT2D eigenvalue weighted by atomic mass is 9.99. The van der Waals surface area contributed by atoms with Gasteiger partial charge in [-0.3, -0.25) is 0 Å². The van der Waals surface area contributed by atoms with Crippen molar-refractivity contribution in [3.05, 3.63) is 0 Å². The molecule has 14 heavy (non-hydrogen) atoms. The van der Waals surface area contributed by atoms with Crippen molar-refractivity contribution in [1.82, 2.24) is 0 Å².